The first-order valence-electron chi connectivity index (χ1n) is 10.5. The monoisotopic (exact) mass is 459 g/mol. The zero-order valence-corrected chi connectivity index (χ0v) is 18.7. The van der Waals surface area contributed by atoms with Gasteiger partial charge in [-0.2, -0.15) is 5.10 Å². The molecule has 0 aliphatic carbocycles. The highest BCUT2D eigenvalue weighted by Crippen LogP contribution is 2.26. The molecule has 1 heterocycles. The summed E-state index contributed by atoms with van der Waals surface area (Å²) < 4.78 is 5.50. The Morgan fingerprint density at radius 2 is 1.91 bits per heavy atom. The van der Waals surface area contributed by atoms with E-state index in [2.05, 4.69) is 15.5 Å². The third-order valence-corrected chi connectivity index (χ3v) is 5.20. The summed E-state index contributed by atoms with van der Waals surface area (Å²) in [5.41, 5.74) is 5.63. The van der Waals surface area contributed by atoms with Crippen LogP contribution in [0.1, 0.15) is 29.3 Å². The highest BCUT2D eigenvalue weighted by Gasteiger charge is 2.13. The fraction of sp³-hybridized carbons (Fsp3) is 0.115. The molecule has 0 spiro atoms. The molecule has 0 unspecified atom stereocenters. The van der Waals surface area contributed by atoms with Crippen LogP contribution in [-0.4, -0.2) is 28.8 Å². The Bertz CT molecular complexity index is 1320. The van der Waals surface area contributed by atoms with E-state index in [1.54, 1.807) is 30.3 Å². The molecule has 0 saturated heterocycles. The van der Waals surface area contributed by atoms with Crippen LogP contribution in [0.25, 0.3) is 22.2 Å². The first-order chi connectivity index (χ1) is 16.0. The predicted molar refractivity (Wildman–Crippen MR) is 131 cm³/mol. The zero-order valence-electron chi connectivity index (χ0n) is 18.0. The summed E-state index contributed by atoms with van der Waals surface area (Å²) in [7, 11) is 0. The van der Waals surface area contributed by atoms with Crippen molar-refractivity contribution in [2.75, 3.05) is 6.61 Å². The Morgan fingerprint density at radius 1 is 1.12 bits per heavy atom. The smallest absolute Gasteiger partial charge is 0.272 e. The molecular weight excluding hydrogens is 438 g/mol. The lowest BCUT2D eigenvalue weighted by molar-refractivity contribution is 0.0956. The number of ether oxygens (including phenoxy) is 1. The maximum Gasteiger partial charge on any atom is 0.272 e. The van der Waals surface area contributed by atoms with Crippen molar-refractivity contribution in [3.63, 3.8) is 0 Å². The largest absolute Gasteiger partial charge is 0.507 e. The van der Waals surface area contributed by atoms with E-state index in [1.807, 2.05) is 43.3 Å². The second-order valence-corrected chi connectivity index (χ2v) is 7.78. The third-order valence-electron chi connectivity index (χ3n) is 4.95. The number of pyridine rings is 1. The van der Waals surface area contributed by atoms with Gasteiger partial charge in [0.1, 0.15) is 11.5 Å². The van der Waals surface area contributed by atoms with Crippen molar-refractivity contribution in [1.82, 2.24) is 10.4 Å². The van der Waals surface area contributed by atoms with Crippen LogP contribution in [0.2, 0.25) is 5.02 Å². The van der Waals surface area contributed by atoms with E-state index >= 15 is 0 Å². The Labute approximate surface area is 196 Å². The topological polar surface area (TPSA) is 83.8 Å². The fourth-order valence-electron chi connectivity index (χ4n) is 3.29. The molecule has 0 bridgehead atoms. The van der Waals surface area contributed by atoms with E-state index in [9.17, 15) is 9.90 Å². The molecule has 33 heavy (non-hydrogen) atoms. The van der Waals surface area contributed by atoms with Crippen molar-refractivity contribution in [3.05, 3.63) is 88.9 Å². The van der Waals surface area contributed by atoms with Gasteiger partial charge in [0.25, 0.3) is 5.91 Å². The number of rotatable bonds is 7. The lowest BCUT2D eigenvalue weighted by atomic mass is 10.0. The number of fused-ring (bicyclic) bond motifs is 1. The molecule has 2 N–H and O–H groups in total. The predicted octanol–water partition coefficient (Wildman–Crippen LogP) is 5.81. The first-order valence-corrected chi connectivity index (χ1v) is 10.9. The van der Waals surface area contributed by atoms with Gasteiger partial charge in [0.2, 0.25) is 0 Å². The number of nitrogens with one attached hydrogen (secondary N) is 1. The summed E-state index contributed by atoms with van der Waals surface area (Å²) in [4.78, 5) is 17.7. The maximum atomic E-state index is 13.0. The molecule has 1 aromatic heterocycles. The lowest BCUT2D eigenvalue weighted by Gasteiger charge is -2.09. The third kappa shape index (κ3) is 5.30. The number of carbonyl (C=O) groups excluding carboxylic acids is 1. The molecule has 0 atom stereocenters. The van der Waals surface area contributed by atoms with E-state index in [1.165, 1.54) is 12.3 Å². The number of benzene rings is 3. The minimum atomic E-state index is -0.387. The van der Waals surface area contributed by atoms with Crippen molar-refractivity contribution in [1.29, 1.82) is 0 Å². The Kier molecular flexibility index (Phi) is 6.86. The number of aromatic hydroxyl groups is 1. The fourth-order valence-corrected chi connectivity index (χ4v) is 3.42. The van der Waals surface area contributed by atoms with Crippen molar-refractivity contribution in [2.24, 2.45) is 5.10 Å². The number of phenols is 1. The summed E-state index contributed by atoms with van der Waals surface area (Å²) in [6.07, 6.45) is 2.26. The van der Waals surface area contributed by atoms with Crippen LogP contribution in [0.3, 0.4) is 0 Å². The second kappa shape index (κ2) is 10.1. The van der Waals surface area contributed by atoms with E-state index in [-0.39, 0.29) is 11.7 Å². The molecule has 1 amide bonds. The highest BCUT2D eigenvalue weighted by atomic mass is 35.5. The number of amides is 1. The molecule has 4 aromatic rings. The number of halogens is 1. The van der Waals surface area contributed by atoms with Gasteiger partial charge in [0.05, 0.1) is 29.6 Å². The van der Waals surface area contributed by atoms with Crippen LogP contribution < -0.4 is 10.2 Å². The molecule has 0 radical (unpaired) electrons. The second-order valence-electron chi connectivity index (χ2n) is 7.35. The number of hydrazone groups is 1. The SMILES string of the molecule is CCCOc1ccc(/C=N/NC(=O)c2cc(-c3ccc(Cl)cc3)nc3ccccc23)c(O)c1. The van der Waals surface area contributed by atoms with E-state index in [0.29, 0.717) is 45.1 Å². The summed E-state index contributed by atoms with van der Waals surface area (Å²) in [5, 5.41) is 15.6. The maximum absolute atomic E-state index is 13.0. The normalized spacial score (nSPS) is 11.1. The van der Waals surface area contributed by atoms with Crippen molar-refractivity contribution in [2.45, 2.75) is 13.3 Å². The minimum Gasteiger partial charge on any atom is -0.507 e. The number of hydrogen-bond acceptors (Lipinski definition) is 5. The number of carbonyl (C=O) groups is 1. The van der Waals surface area contributed by atoms with Gasteiger partial charge in [-0.3, -0.25) is 4.79 Å². The van der Waals surface area contributed by atoms with Crippen LogP contribution in [-0.2, 0) is 0 Å². The molecule has 6 nitrogen and oxygen atoms in total. The van der Waals surface area contributed by atoms with Crippen molar-refractivity contribution < 1.29 is 14.6 Å². The molecule has 4 rings (SSSR count). The molecule has 0 aliphatic rings. The molecule has 0 fully saturated rings. The molecule has 0 saturated carbocycles. The Morgan fingerprint density at radius 3 is 2.67 bits per heavy atom. The molecule has 7 heteroatoms. The Balaban J connectivity index is 1.58. The highest BCUT2D eigenvalue weighted by molar-refractivity contribution is 6.30. The molecular formula is C26H22ClN3O3. The molecule has 3 aromatic carbocycles. The van der Waals surface area contributed by atoms with Crippen LogP contribution >= 0.6 is 11.6 Å². The van der Waals surface area contributed by atoms with Gasteiger partial charge in [0.15, 0.2) is 0 Å². The van der Waals surface area contributed by atoms with E-state index in [4.69, 9.17) is 16.3 Å². The van der Waals surface area contributed by atoms with Crippen LogP contribution in [0.15, 0.2) is 77.9 Å². The summed E-state index contributed by atoms with van der Waals surface area (Å²) in [6, 6.07) is 21.4. The van der Waals surface area contributed by atoms with E-state index in [0.717, 1.165) is 12.0 Å². The van der Waals surface area contributed by atoms with Gasteiger partial charge < -0.3 is 9.84 Å². The van der Waals surface area contributed by atoms with Crippen LogP contribution in [0, 0.1) is 0 Å². The zero-order chi connectivity index (χ0) is 23.2. The van der Waals surface area contributed by atoms with Crippen molar-refractivity contribution >= 4 is 34.6 Å². The van der Waals surface area contributed by atoms with Gasteiger partial charge in [-0.25, -0.2) is 10.4 Å². The van der Waals surface area contributed by atoms with Crippen LogP contribution in [0.5, 0.6) is 11.5 Å². The number of para-hydroxylation sites is 1. The average molecular weight is 460 g/mol. The number of aromatic nitrogens is 1. The van der Waals surface area contributed by atoms with Gasteiger partial charge >= 0.3 is 0 Å². The number of nitrogens with zero attached hydrogens (tertiary/aromatic N) is 2. The van der Waals surface area contributed by atoms with E-state index < -0.39 is 0 Å². The first kappa shape index (κ1) is 22.3. The van der Waals surface area contributed by atoms with Gasteiger partial charge in [-0.05, 0) is 42.8 Å². The van der Waals surface area contributed by atoms with Gasteiger partial charge in [-0.1, -0.05) is 48.9 Å². The number of hydrogen-bond donors (Lipinski definition) is 2. The average Bonchev–Trinajstić information content (AvgIpc) is 2.83. The minimum absolute atomic E-state index is 0.0148. The lowest BCUT2D eigenvalue weighted by Crippen LogP contribution is -2.18. The molecule has 0 aliphatic heterocycles. The summed E-state index contributed by atoms with van der Waals surface area (Å²) in [5.74, 6) is 0.206. The van der Waals surface area contributed by atoms with Gasteiger partial charge in [0, 0.05) is 27.6 Å². The number of phenolic OH excluding ortho intramolecular Hbond substituents is 1. The standard InChI is InChI=1S/C26H22ClN3O3/c1-2-13-33-20-12-9-18(25(31)14-20)16-28-30-26(32)22-15-24(17-7-10-19(27)11-8-17)29-23-6-4-3-5-21(22)23/h3-12,14-16,31H,2,13H2,1H3,(H,30,32)/b28-16+. The van der Waals surface area contributed by atoms with Crippen molar-refractivity contribution in [3.8, 4) is 22.8 Å². The molecule has 166 valence electrons. The summed E-state index contributed by atoms with van der Waals surface area (Å²) in [6.45, 7) is 2.58. The summed E-state index contributed by atoms with van der Waals surface area (Å²) >= 11 is 6.00. The Hall–Kier alpha value is -3.90. The van der Waals surface area contributed by atoms with Gasteiger partial charge in [-0.15, -0.1) is 0 Å². The van der Waals surface area contributed by atoms with Crippen LogP contribution in [0.4, 0.5) is 0 Å². The quantitative estimate of drug-likeness (QED) is 0.269.